The Morgan fingerprint density at radius 2 is 1.70 bits per heavy atom. The van der Waals surface area contributed by atoms with Crippen LogP contribution in [0.4, 0.5) is 5.95 Å². The van der Waals surface area contributed by atoms with Gasteiger partial charge >= 0.3 is 5.97 Å². The molecule has 0 saturated carbocycles. The van der Waals surface area contributed by atoms with Crippen LogP contribution in [0.25, 0.3) is 0 Å². The second kappa shape index (κ2) is 8.98. The van der Waals surface area contributed by atoms with Gasteiger partial charge in [-0.05, 0) is 25.1 Å². The summed E-state index contributed by atoms with van der Waals surface area (Å²) in [5.41, 5.74) is 0. The summed E-state index contributed by atoms with van der Waals surface area (Å²) in [6.07, 6.45) is 2.54. The van der Waals surface area contributed by atoms with E-state index in [0.29, 0.717) is 37.9 Å². The Morgan fingerprint density at radius 1 is 1.04 bits per heavy atom. The summed E-state index contributed by atoms with van der Waals surface area (Å²) in [5.74, 6) is 0.447. The van der Waals surface area contributed by atoms with E-state index in [2.05, 4.69) is 9.97 Å². The summed E-state index contributed by atoms with van der Waals surface area (Å²) in [4.78, 5) is 36.6. The molecule has 1 fully saturated rings. The lowest BCUT2D eigenvalue weighted by atomic mass is 10.2. The number of rotatable bonds is 6. The topological polar surface area (TPSA) is 84.9 Å². The molecule has 0 bridgehead atoms. The van der Waals surface area contributed by atoms with Crippen LogP contribution in [0.2, 0.25) is 0 Å². The fourth-order valence-corrected chi connectivity index (χ4v) is 2.78. The largest absolute Gasteiger partial charge is 0.482 e. The number of para-hydroxylation sites is 1. The van der Waals surface area contributed by atoms with E-state index in [9.17, 15) is 9.59 Å². The number of hydrogen-bond donors (Lipinski definition) is 0. The average molecular weight is 370 g/mol. The maximum absolute atomic E-state index is 12.5. The molecule has 8 heteroatoms. The number of ether oxygens (including phenoxy) is 2. The summed E-state index contributed by atoms with van der Waals surface area (Å²) < 4.78 is 10.5. The van der Waals surface area contributed by atoms with Gasteiger partial charge in [0.15, 0.2) is 12.7 Å². The van der Waals surface area contributed by atoms with Gasteiger partial charge in [0.1, 0.15) is 5.75 Å². The minimum atomic E-state index is -0.851. The fourth-order valence-electron chi connectivity index (χ4n) is 2.78. The van der Waals surface area contributed by atoms with Gasteiger partial charge in [-0.25, -0.2) is 14.8 Å². The Hall–Kier alpha value is -3.16. The normalized spacial score (nSPS) is 15.1. The van der Waals surface area contributed by atoms with Gasteiger partial charge in [0.25, 0.3) is 5.91 Å². The van der Waals surface area contributed by atoms with Gasteiger partial charge in [0.2, 0.25) is 5.95 Å². The van der Waals surface area contributed by atoms with Gasteiger partial charge in [0.05, 0.1) is 0 Å². The van der Waals surface area contributed by atoms with Crippen molar-refractivity contribution in [1.29, 1.82) is 0 Å². The number of amides is 1. The van der Waals surface area contributed by atoms with Crippen molar-refractivity contribution in [2.45, 2.75) is 13.0 Å². The second-order valence-electron chi connectivity index (χ2n) is 6.09. The Bertz CT molecular complexity index is 749. The van der Waals surface area contributed by atoms with Crippen molar-refractivity contribution in [3.63, 3.8) is 0 Å². The zero-order valence-corrected chi connectivity index (χ0v) is 15.2. The highest BCUT2D eigenvalue weighted by Crippen LogP contribution is 2.12. The van der Waals surface area contributed by atoms with Crippen molar-refractivity contribution in [1.82, 2.24) is 14.9 Å². The first-order chi connectivity index (χ1) is 13.1. The van der Waals surface area contributed by atoms with Crippen LogP contribution in [-0.4, -0.2) is 65.6 Å². The van der Waals surface area contributed by atoms with E-state index in [1.165, 1.54) is 0 Å². The highest BCUT2D eigenvalue weighted by atomic mass is 16.6. The zero-order chi connectivity index (χ0) is 19.1. The highest BCUT2D eigenvalue weighted by molar-refractivity contribution is 5.84. The lowest BCUT2D eigenvalue weighted by molar-refractivity contribution is -0.160. The maximum atomic E-state index is 12.5. The molecule has 1 amide bonds. The molecule has 0 unspecified atom stereocenters. The van der Waals surface area contributed by atoms with Gasteiger partial charge in [-0.3, -0.25) is 4.79 Å². The minimum Gasteiger partial charge on any atom is -0.482 e. The van der Waals surface area contributed by atoms with Crippen LogP contribution in [0.5, 0.6) is 5.75 Å². The zero-order valence-electron chi connectivity index (χ0n) is 15.2. The van der Waals surface area contributed by atoms with Gasteiger partial charge in [0, 0.05) is 38.6 Å². The standard InChI is InChI=1S/C19H22N4O4/c1-15(27-17(24)14-26-16-6-3-2-4-7-16)18(25)22-10-12-23(13-11-22)19-20-8-5-9-21-19/h2-9,15H,10-14H2,1H3/t15-/m0/s1. The van der Waals surface area contributed by atoms with Crippen LogP contribution in [0.15, 0.2) is 48.8 Å². The SMILES string of the molecule is C[C@H](OC(=O)COc1ccccc1)C(=O)N1CCN(c2ncccn2)CC1. The molecule has 27 heavy (non-hydrogen) atoms. The smallest absolute Gasteiger partial charge is 0.344 e. The van der Waals surface area contributed by atoms with Gasteiger partial charge in [-0.15, -0.1) is 0 Å². The van der Waals surface area contributed by atoms with Crippen molar-refractivity contribution in [2.75, 3.05) is 37.7 Å². The van der Waals surface area contributed by atoms with E-state index >= 15 is 0 Å². The molecule has 1 aromatic carbocycles. The lowest BCUT2D eigenvalue weighted by Gasteiger charge is -2.35. The number of benzene rings is 1. The van der Waals surface area contributed by atoms with Gasteiger partial charge in [-0.1, -0.05) is 18.2 Å². The number of hydrogen-bond acceptors (Lipinski definition) is 7. The number of anilines is 1. The van der Waals surface area contributed by atoms with Crippen molar-refractivity contribution >= 4 is 17.8 Å². The maximum Gasteiger partial charge on any atom is 0.344 e. The Balaban J connectivity index is 1.43. The first-order valence-corrected chi connectivity index (χ1v) is 8.81. The summed E-state index contributed by atoms with van der Waals surface area (Å²) in [7, 11) is 0. The van der Waals surface area contributed by atoms with E-state index in [-0.39, 0.29) is 12.5 Å². The molecule has 1 aromatic heterocycles. The molecule has 1 aliphatic heterocycles. The molecule has 0 radical (unpaired) electrons. The van der Waals surface area contributed by atoms with Crippen molar-refractivity contribution in [3.8, 4) is 5.75 Å². The fraction of sp³-hybridized carbons (Fsp3) is 0.368. The van der Waals surface area contributed by atoms with Crippen LogP contribution in [0, 0.1) is 0 Å². The van der Waals surface area contributed by atoms with Crippen LogP contribution in [-0.2, 0) is 14.3 Å². The first kappa shape index (κ1) is 18.6. The molecular formula is C19H22N4O4. The van der Waals surface area contributed by atoms with Crippen molar-refractivity contribution in [2.24, 2.45) is 0 Å². The van der Waals surface area contributed by atoms with E-state index in [1.54, 1.807) is 42.4 Å². The molecule has 3 rings (SSSR count). The number of carbonyl (C=O) groups is 2. The third kappa shape index (κ3) is 5.16. The molecule has 1 aliphatic rings. The highest BCUT2D eigenvalue weighted by Gasteiger charge is 2.27. The quantitative estimate of drug-likeness (QED) is 0.705. The number of carbonyl (C=O) groups excluding carboxylic acids is 2. The van der Waals surface area contributed by atoms with E-state index in [1.807, 2.05) is 23.1 Å². The monoisotopic (exact) mass is 370 g/mol. The minimum absolute atomic E-state index is 0.211. The molecule has 8 nitrogen and oxygen atoms in total. The lowest BCUT2D eigenvalue weighted by Crippen LogP contribution is -2.52. The molecule has 142 valence electrons. The molecule has 0 N–H and O–H groups in total. The third-order valence-electron chi connectivity index (χ3n) is 4.18. The molecule has 2 aromatic rings. The Kier molecular flexibility index (Phi) is 6.19. The summed E-state index contributed by atoms with van der Waals surface area (Å²) in [6.45, 7) is 3.66. The first-order valence-electron chi connectivity index (χ1n) is 8.81. The third-order valence-corrected chi connectivity index (χ3v) is 4.18. The van der Waals surface area contributed by atoms with Crippen LogP contribution in [0.1, 0.15) is 6.92 Å². The number of aromatic nitrogens is 2. The van der Waals surface area contributed by atoms with Crippen LogP contribution < -0.4 is 9.64 Å². The number of nitrogens with zero attached hydrogens (tertiary/aromatic N) is 4. The van der Waals surface area contributed by atoms with Gasteiger partial charge in [-0.2, -0.15) is 0 Å². The second-order valence-corrected chi connectivity index (χ2v) is 6.09. The molecular weight excluding hydrogens is 348 g/mol. The van der Waals surface area contributed by atoms with E-state index in [4.69, 9.17) is 9.47 Å². The molecule has 0 spiro atoms. The molecule has 2 heterocycles. The summed E-state index contributed by atoms with van der Waals surface area (Å²) >= 11 is 0. The van der Waals surface area contributed by atoms with E-state index < -0.39 is 12.1 Å². The average Bonchev–Trinajstić information content (AvgIpc) is 2.73. The molecule has 1 saturated heterocycles. The van der Waals surface area contributed by atoms with Crippen LogP contribution in [0.3, 0.4) is 0 Å². The predicted octanol–water partition coefficient (Wildman–Crippen LogP) is 1.14. The summed E-state index contributed by atoms with van der Waals surface area (Å²) in [6, 6.07) is 10.7. The molecule has 1 atom stereocenters. The van der Waals surface area contributed by atoms with E-state index in [0.717, 1.165) is 0 Å². The number of piperazine rings is 1. The predicted molar refractivity (Wildman–Crippen MR) is 98.3 cm³/mol. The number of esters is 1. The molecule has 0 aliphatic carbocycles. The Morgan fingerprint density at radius 3 is 2.37 bits per heavy atom. The van der Waals surface area contributed by atoms with Crippen molar-refractivity contribution < 1.29 is 19.1 Å². The summed E-state index contributed by atoms with van der Waals surface area (Å²) in [5, 5.41) is 0. The van der Waals surface area contributed by atoms with Crippen molar-refractivity contribution in [3.05, 3.63) is 48.8 Å². The van der Waals surface area contributed by atoms with Gasteiger partial charge < -0.3 is 19.3 Å². The van der Waals surface area contributed by atoms with Crippen LogP contribution >= 0.6 is 0 Å². The Labute approximate surface area is 157 Å².